The summed E-state index contributed by atoms with van der Waals surface area (Å²) in [5, 5.41) is 63.9. The van der Waals surface area contributed by atoms with Crippen molar-refractivity contribution >= 4 is 5.78 Å². The molecule has 0 amide bonds. The van der Waals surface area contributed by atoms with Gasteiger partial charge in [0, 0.05) is 28.8 Å². The molecule has 0 bridgehead atoms. The van der Waals surface area contributed by atoms with Crippen molar-refractivity contribution in [2.24, 2.45) is 5.92 Å². The van der Waals surface area contributed by atoms with E-state index in [9.17, 15) is 35.4 Å². The quantitative estimate of drug-likeness (QED) is 0.126. The van der Waals surface area contributed by atoms with Crippen molar-refractivity contribution in [3.05, 3.63) is 94.0 Å². The highest BCUT2D eigenvalue weighted by Crippen LogP contribution is 2.61. The van der Waals surface area contributed by atoms with Gasteiger partial charge in [0.25, 0.3) is 0 Å². The normalized spacial score (nSPS) is 23.6. The van der Waals surface area contributed by atoms with E-state index in [1.54, 1.807) is 12.1 Å². The number of ketones is 1. The molecule has 3 aliphatic heterocycles. The van der Waals surface area contributed by atoms with Gasteiger partial charge in [-0.05, 0) is 100 Å². The summed E-state index contributed by atoms with van der Waals surface area (Å²) >= 11 is 0. The minimum Gasteiger partial charge on any atom is -0.508 e. The maximum absolute atomic E-state index is 14.1. The average Bonchev–Trinajstić information content (AvgIpc) is 3.40. The predicted octanol–water partition coefficient (Wildman–Crippen LogP) is 7.42. The lowest BCUT2D eigenvalue weighted by atomic mass is 9.75. The summed E-state index contributed by atoms with van der Waals surface area (Å²) in [5.41, 5.74) is 1.32. The Balaban J connectivity index is 1.46. The summed E-state index contributed by atoms with van der Waals surface area (Å²) < 4.78 is 19.9. The van der Waals surface area contributed by atoms with Crippen LogP contribution >= 0.6 is 0 Å². The van der Waals surface area contributed by atoms with E-state index in [4.69, 9.17) is 14.2 Å². The van der Waals surface area contributed by atoms with Crippen LogP contribution in [0.15, 0.2) is 60.7 Å². The summed E-state index contributed by atoms with van der Waals surface area (Å²) in [6.45, 7) is 8.19. The molecule has 0 spiro atoms. The molecule has 256 valence electrons. The molecule has 6 N–H and O–H groups in total. The molecule has 0 saturated carbocycles. The summed E-state index contributed by atoms with van der Waals surface area (Å²) in [7, 11) is 0. The molecule has 7 rings (SSSR count). The van der Waals surface area contributed by atoms with Gasteiger partial charge in [0.05, 0.1) is 23.5 Å². The number of Topliss-reactive ketones (excluding diaryl/α,β-unsaturated/α-hetero) is 1. The second-order valence-corrected chi connectivity index (χ2v) is 14.5. The summed E-state index contributed by atoms with van der Waals surface area (Å²) in [4.78, 5) is 14.1. The van der Waals surface area contributed by atoms with Crippen LogP contribution < -0.4 is 9.47 Å². The Morgan fingerprint density at radius 3 is 2.08 bits per heavy atom. The summed E-state index contributed by atoms with van der Waals surface area (Å²) in [6.07, 6.45) is 0.0341. The number of hydrogen-bond donors (Lipinski definition) is 6. The summed E-state index contributed by atoms with van der Waals surface area (Å²) in [5.74, 6) is -1.83. The Morgan fingerprint density at radius 2 is 1.43 bits per heavy atom. The van der Waals surface area contributed by atoms with E-state index in [0.717, 1.165) is 12.8 Å². The van der Waals surface area contributed by atoms with Gasteiger partial charge >= 0.3 is 0 Å². The van der Waals surface area contributed by atoms with Crippen LogP contribution in [0.4, 0.5) is 0 Å². The van der Waals surface area contributed by atoms with Gasteiger partial charge in [-0.2, -0.15) is 0 Å². The first-order valence-corrected chi connectivity index (χ1v) is 16.4. The van der Waals surface area contributed by atoms with Gasteiger partial charge in [-0.15, -0.1) is 0 Å². The highest BCUT2D eigenvalue weighted by Gasteiger charge is 2.48. The third kappa shape index (κ3) is 5.73. The van der Waals surface area contributed by atoms with Crippen LogP contribution in [0.5, 0.6) is 46.0 Å². The lowest BCUT2D eigenvalue weighted by molar-refractivity contribution is -0.184. The van der Waals surface area contributed by atoms with Crippen molar-refractivity contribution in [2.75, 3.05) is 0 Å². The van der Waals surface area contributed by atoms with Crippen LogP contribution in [0.1, 0.15) is 103 Å². The van der Waals surface area contributed by atoms with Gasteiger partial charge in [-0.1, -0.05) is 12.1 Å². The SMILES string of the molecule is CC1(C)CCC(Cc2c3c(c(O)c4c2O[C@H](c2ccc(O)cc2)[C@H]4c2cc(O)cc(O)c2)C(=O)C[C@@H](c2ccc(O)cc2O)O3)C(C)(C)O1. The molecule has 10 heteroatoms. The lowest BCUT2D eigenvalue weighted by Crippen LogP contribution is -2.48. The van der Waals surface area contributed by atoms with E-state index in [2.05, 4.69) is 13.8 Å². The third-order valence-electron chi connectivity index (χ3n) is 10.2. The van der Waals surface area contributed by atoms with Crippen molar-refractivity contribution in [3.8, 4) is 46.0 Å². The molecular weight excluding hydrogens is 628 g/mol. The fourth-order valence-electron chi connectivity index (χ4n) is 7.92. The second-order valence-electron chi connectivity index (χ2n) is 14.5. The van der Waals surface area contributed by atoms with E-state index in [-0.39, 0.29) is 63.7 Å². The number of phenolic OH excluding ortho intramolecular Hbond substituents is 6. The molecule has 0 aromatic heterocycles. The number of phenols is 6. The van der Waals surface area contributed by atoms with E-state index < -0.39 is 29.5 Å². The molecule has 10 nitrogen and oxygen atoms in total. The maximum atomic E-state index is 14.1. The van der Waals surface area contributed by atoms with Crippen LogP contribution in [0.2, 0.25) is 0 Å². The molecule has 49 heavy (non-hydrogen) atoms. The van der Waals surface area contributed by atoms with Crippen LogP contribution in [0.25, 0.3) is 0 Å². The maximum Gasteiger partial charge on any atom is 0.174 e. The molecule has 4 atom stereocenters. The number of fused-ring (bicyclic) bond motifs is 2. The van der Waals surface area contributed by atoms with Crippen LogP contribution in [0.3, 0.4) is 0 Å². The van der Waals surface area contributed by atoms with E-state index in [1.165, 1.54) is 48.5 Å². The molecule has 4 aromatic carbocycles. The third-order valence-corrected chi connectivity index (χ3v) is 10.2. The first kappa shape index (κ1) is 32.5. The van der Waals surface area contributed by atoms with Crippen LogP contribution in [-0.2, 0) is 11.2 Å². The van der Waals surface area contributed by atoms with Crippen LogP contribution in [0, 0.1) is 5.92 Å². The summed E-state index contributed by atoms with van der Waals surface area (Å²) in [6, 6.07) is 14.7. The first-order valence-electron chi connectivity index (χ1n) is 16.4. The van der Waals surface area contributed by atoms with Crippen molar-refractivity contribution in [3.63, 3.8) is 0 Å². The molecule has 1 saturated heterocycles. The fourth-order valence-corrected chi connectivity index (χ4v) is 7.92. The van der Waals surface area contributed by atoms with E-state index >= 15 is 0 Å². The highest BCUT2D eigenvalue weighted by molar-refractivity contribution is 6.04. The van der Waals surface area contributed by atoms with Gasteiger partial charge in [-0.3, -0.25) is 4.79 Å². The van der Waals surface area contributed by atoms with Crippen molar-refractivity contribution in [2.45, 2.75) is 82.7 Å². The molecule has 0 radical (unpaired) electrons. The smallest absolute Gasteiger partial charge is 0.174 e. The Morgan fingerprint density at radius 1 is 0.755 bits per heavy atom. The standard InChI is InChI=1S/C39H40O10/c1-38(2)12-11-21(39(3,4)49-38)15-27-36-32(29(45)18-30(47-36)26-10-9-23(41)17-28(26)44)34(46)33-31(20-13-24(42)16-25(43)14-20)35(48-37(27)33)19-5-7-22(40)8-6-19/h5-10,13-14,16-17,21,30-31,35,40-44,46H,11-12,15,18H2,1-4H3/t21?,30-,31-,35+/m0/s1. The zero-order valence-corrected chi connectivity index (χ0v) is 27.7. The molecule has 3 aliphatic rings. The topological polar surface area (TPSA) is 166 Å². The van der Waals surface area contributed by atoms with Crippen molar-refractivity contribution in [1.82, 2.24) is 0 Å². The van der Waals surface area contributed by atoms with Crippen molar-refractivity contribution in [1.29, 1.82) is 0 Å². The second kappa shape index (κ2) is 11.5. The molecule has 4 aromatic rings. The number of aromatic hydroxyl groups is 6. The number of carbonyl (C=O) groups is 1. The number of hydrogen-bond acceptors (Lipinski definition) is 10. The van der Waals surface area contributed by atoms with Gasteiger partial charge in [0.2, 0.25) is 0 Å². The number of rotatable bonds is 5. The Labute approximate surface area is 283 Å². The highest BCUT2D eigenvalue weighted by atomic mass is 16.5. The zero-order valence-electron chi connectivity index (χ0n) is 27.7. The number of ether oxygens (including phenoxy) is 3. The minimum absolute atomic E-state index is 0.0116. The van der Waals surface area contributed by atoms with Gasteiger partial charge in [-0.25, -0.2) is 0 Å². The lowest BCUT2D eigenvalue weighted by Gasteiger charge is -2.47. The Bertz CT molecular complexity index is 1940. The Hall–Kier alpha value is -5.09. The van der Waals surface area contributed by atoms with Gasteiger partial charge in [0.15, 0.2) is 5.78 Å². The molecule has 1 fully saturated rings. The minimum atomic E-state index is -0.917. The number of benzene rings is 4. The van der Waals surface area contributed by atoms with Gasteiger partial charge < -0.3 is 44.8 Å². The predicted molar refractivity (Wildman–Crippen MR) is 179 cm³/mol. The average molecular weight is 669 g/mol. The van der Waals surface area contributed by atoms with Gasteiger partial charge in [0.1, 0.15) is 63.8 Å². The molecule has 1 unspecified atom stereocenters. The number of carbonyl (C=O) groups excluding carboxylic acids is 1. The molecule has 3 heterocycles. The zero-order chi connectivity index (χ0) is 35.0. The van der Waals surface area contributed by atoms with E-state index in [1.807, 2.05) is 13.8 Å². The Kier molecular flexibility index (Phi) is 7.63. The first-order chi connectivity index (χ1) is 23.1. The molecule has 0 aliphatic carbocycles. The molecular formula is C39H40O10. The fraction of sp³-hybridized carbons (Fsp3) is 0.359. The largest absolute Gasteiger partial charge is 0.508 e. The monoisotopic (exact) mass is 668 g/mol. The van der Waals surface area contributed by atoms with Crippen LogP contribution in [-0.4, -0.2) is 47.6 Å². The van der Waals surface area contributed by atoms with E-state index in [0.29, 0.717) is 40.0 Å². The van der Waals surface area contributed by atoms with Crippen molar-refractivity contribution < 1.29 is 49.6 Å².